The third-order valence-corrected chi connectivity index (χ3v) is 4.19. The van der Waals surface area contributed by atoms with Gasteiger partial charge in [-0.3, -0.25) is 0 Å². The molecule has 1 atom stereocenters. The summed E-state index contributed by atoms with van der Waals surface area (Å²) in [5.41, 5.74) is 7.90. The van der Waals surface area contributed by atoms with E-state index in [1.165, 1.54) is 29.8 Å². The number of hydrogen-bond acceptors (Lipinski definition) is 3. The highest BCUT2D eigenvalue weighted by Crippen LogP contribution is 2.30. The van der Waals surface area contributed by atoms with Crippen molar-refractivity contribution in [3.63, 3.8) is 0 Å². The molecule has 0 radical (unpaired) electrons. The van der Waals surface area contributed by atoms with Crippen LogP contribution in [0.2, 0.25) is 0 Å². The molecule has 0 bridgehead atoms. The van der Waals surface area contributed by atoms with Crippen molar-refractivity contribution >= 4 is 17.4 Å². The number of nitrogens with two attached hydrogens (primary N) is 1. The lowest BCUT2D eigenvalue weighted by molar-refractivity contribution is 0.531. The number of piperidine rings is 1. The van der Waals surface area contributed by atoms with E-state index in [1.54, 1.807) is 0 Å². The van der Waals surface area contributed by atoms with E-state index in [0.29, 0.717) is 0 Å². The van der Waals surface area contributed by atoms with E-state index >= 15 is 0 Å². The molecule has 1 fully saturated rings. The zero-order valence-corrected chi connectivity index (χ0v) is 9.94. The van der Waals surface area contributed by atoms with Crippen molar-refractivity contribution in [2.24, 2.45) is 0 Å². The van der Waals surface area contributed by atoms with Gasteiger partial charge in [-0.05, 0) is 50.1 Å². The molecule has 0 amide bonds. The standard InChI is InChI=1S/C12H18N2S/c1-9-7-10(13)4-5-12(9)15-11-3-2-6-14-8-11/h4-5,7,11,14H,2-3,6,8,13H2,1H3. The summed E-state index contributed by atoms with van der Waals surface area (Å²) in [7, 11) is 0. The fourth-order valence-corrected chi connectivity index (χ4v) is 3.14. The van der Waals surface area contributed by atoms with Crippen LogP contribution in [0, 0.1) is 6.92 Å². The molecule has 0 saturated carbocycles. The number of rotatable bonds is 2. The molecular formula is C12H18N2S. The Morgan fingerprint density at radius 3 is 3.00 bits per heavy atom. The van der Waals surface area contributed by atoms with Crippen LogP contribution in [-0.2, 0) is 0 Å². The number of hydrogen-bond donors (Lipinski definition) is 2. The molecule has 1 aliphatic heterocycles. The molecule has 1 unspecified atom stereocenters. The first-order chi connectivity index (χ1) is 7.25. The Balaban J connectivity index is 2.03. The van der Waals surface area contributed by atoms with Crippen molar-refractivity contribution < 1.29 is 0 Å². The Morgan fingerprint density at radius 2 is 2.33 bits per heavy atom. The number of nitrogen functional groups attached to an aromatic ring is 1. The van der Waals surface area contributed by atoms with Crippen LogP contribution in [0.25, 0.3) is 0 Å². The summed E-state index contributed by atoms with van der Waals surface area (Å²) in [6.45, 7) is 4.45. The van der Waals surface area contributed by atoms with Crippen LogP contribution in [0.1, 0.15) is 18.4 Å². The molecule has 0 spiro atoms. The summed E-state index contributed by atoms with van der Waals surface area (Å²) >= 11 is 1.98. The average molecular weight is 222 g/mol. The Bertz CT molecular complexity index is 332. The average Bonchev–Trinajstić information content (AvgIpc) is 2.24. The molecule has 3 heteroatoms. The third-order valence-electron chi connectivity index (χ3n) is 2.74. The quantitative estimate of drug-likeness (QED) is 0.755. The van der Waals surface area contributed by atoms with E-state index in [0.717, 1.165) is 17.5 Å². The van der Waals surface area contributed by atoms with Gasteiger partial charge in [0, 0.05) is 22.4 Å². The van der Waals surface area contributed by atoms with Crippen LogP contribution in [0.15, 0.2) is 23.1 Å². The van der Waals surface area contributed by atoms with Crippen molar-refractivity contribution in [3.8, 4) is 0 Å². The molecule has 0 aliphatic carbocycles. The van der Waals surface area contributed by atoms with E-state index in [1.807, 2.05) is 17.8 Å². The minimum atomic E-state index is 0.723. The molecule has 2 rings (SSSR count). The van der Waals surface area contributed by atoms with Crippen LogP contribution in [0.5, 0.6) is 0 Å². The Kier molecular flexibility index (Phi) is 3.54. The van der Waals surface area contributed by atoms with E-state index in [4.69, 9.17) is 5.73 Å². The van der Waals surface area contributed by atoms with Crippen molar-refractivity contribution in [1.82, 2.24) is 5.32 Å². The summed E-state index contributed by atoms with van der Waals surface area (Å²) in [5.74, 6) is 0. The lowest BCUT2D eigenvalue weighted by atomic mass is 10.2. The lowest BCUT2D eigenvalue weighted by Gasteiger charge is -2.22. The largest absolute Gasteiger partial charge is 0.399 e. The molecule has 15 heavy (non-hydrogen) atoms. The molecule has 1 aromatic rings. The molecular weight excluding hydrogens is 204 g/mol. The van der Waals surface area contributed by atoms with Crippen LogP contribution >= 0.6 is 11.8 Å². The van der Waals surface area contributed by atoms with Crippen molar-refractivity contribution in [3.05, 3.63) is 23.8 Å². The minimum absolute atomic E-state index is 0.723. The van der Waals surface area contributed by atoms with Gasteiger partial charge in [0.1, 0.15) is 0 Å². The fourth-order valence-electron chi connectivity index (χ4n) is 1.90. The molecule has 3 N–H and O–H groups in total. The van der Waals surface area contributed by atoms with Gasteiger partial charge in [0.05, 0.1) is 0 Å². The molecule has 1 heterocycles. The number of benzene rings is 1. The Labute approximate surface area is 95.6 Å². The molecule has 1 aromatic carbocycles. The smallest absolute Gasteiger partial charge is 0.0317 e. The van der Waals surface area contributed by atoms with Gasteiger partial charge in [-0.15, -0.1) is 11.8 Å². The summed E-state index contributed by atoms with van der Waals surface area (Å²) in [4.78, 5) is 1.37. The van der Waals surface area contributed by atoms with Crippen LogP contribution < -0.4 is 11.1 Å². The third kappa shape index (κ3) is 2.89. The molecule has 82 valence electrons. The molecule has 1 saturated heterocycles. The first-order valence-electron chi connectivity index (χ1n) is 5.49. The van der Waals surface area contributed by atoms with E-state index in [2.05, 4.69) is 24.4 Å². The minimum Gasteiger partial charge on any atom is -0.399 e. The van der Waals surface area contributed by atoms with Gasteiger partial charge in [0.15, 0.2) is 0 Å². The first-order valence-corrected chi connectivity index (χ1v) is 6.37. The molecule has 1 aliphatic rings. The predicted octanol–water partition coefficient (Wildman–Crippen LogP) is 2.42. The highest BCUT2D eigenvalue weighted by molar-refractivity contribution is 8.00. The maximum Gasteiger partial charge on any atom is 0.0317 e. The van der Waals surface area contributed by atoms with Crippen LogP contribution in [0.4, 0.5) is 5.69 Å². The summed E-state index contributed by atoms with van der Waals surface area (Å²) in [6, 6.07) is 6.19. The Morgan fingerprint density at radius 1 is 1.47 bits per heavy atom. The van der Waals surface area contributed by atoms with Gasteiger partial charge >= 0.3 is 0 Å². The number of anilines is 1. The summed E-state index contributed by atoms with van der Waals surface area (Å²) < 4.78 is 0. The van der Waals surface area contributed by atoms with Gasteiger partial charge in [-0.25, -0.2) is 0 Å². The van der Waals surface area contributed by atoms with Gasteiger partial charge in [-0.1, -0.05) is 0 Å². The highest BCUT2D eigenvalue weighted by atomic mass is 32.2. The SMILES string of the molecule is Cc1cc(N)ccc1SC1CCCNC1. The number of nitrogens with one attached hydrogen (secondary N) is 1. The lowest BCUT2D eigenvalue weighted by Crippen LogP contribution is -2.31. The predicted molar refractivity (Wildman–Crippen MR) is 67.3 cm³/mol. The zero-order valence-electron chi connectivity index (χ0n) is 9.12. The zero-order chi connectivity index (χ0) is 10.7. The molecule has 0 aromatic heterocycles. The number of thioether (sulfide) groups is 1. The van der Waals surface area contributed by atoms with Gasteiger partial charge in [0.25, 0.3) is 0 Å². The summed E-state index contributed by atoms with van der Waals surface area (Å²) in [6.07, 6.45) is 2.62. The van der Waals surface area contributed by atoms with Crippen molar-refractivity contribution in [2.45, 2.75) is 29.9 Å². The van der Waals surface area contributed by atoms with E-state index in [-0.39, 0.29) is 0 Å². The highest BCUT2D eigenvalue weighted by Gasteiger charge is 2.14. The summed E-state index contributed by atoms with van der Waals surface area (Å²) in [5, 5.41) is 4.16. The maximum absolute atomic E-state index is 5.74. The second-order valence-corrected chi connectivity index (χ2v) is 5.45. The fraction of sp³-hybridized carbons (Fsp3) is 0.500. The first kappa shape index (κ1) is 10.8. The molecule has 2 nitrogen and oxygen atoms in total. The van der Waals surface area contributed by atoms with Gasteiger partial charge in [0.2, 0.25) is 0 Å². The van der Waals surface area contributed by atoms with Gasteiger partial charge in [-0.2, -0.15) is 0 Å². The number of aryl methyl sites for hydroxylation is 1. The van der Waals surface area contributed by atoms with E-state index in [9.17, 15) is 0 Å². The van der Waals surface area contributed by atoms with Crippen molar-refractivity contribution in [2.75, 3.05) is 18.8 Å². The topological polar surface area (TPSA) is 38.0 Å². The van der Waals surface area contributed by atoms with Crippen molar-refractivity contribution in [1.29, 1.82) is 0 Å². The van der Waals surface area contributed by atoms with Gasteiger partial charge < -0.3 is 11.1 Å². The normalized spacial score (nSPS) is 21.5. The monoisotopic (exact) mass is 222 g/mol. The second kappa shape index (κ2) is 4.90. The Hall–Kier alpha value is -0.670. The maximum atomic E-state index is 5.74. The van der Waals surface area contributed by atoms with Crippen LogP contribution in [-0.4, -0.2) is 18.3 Å². The second-order valence-electron chi connectivity index (χ2n) is 4.11. The van der Waals surface area contributed by atoms with E-state index < -0.39 is 0 Å². The van der Waals surface area contributed by atoms with Crippen LogP contribution in [0.3, 0.4) is 0 Å².